The smallest absolute Gasteiger partial charge is 0.206 e. The Kier molecular flexibility index (Phi) is 7.90. The van der Waals surface area contributed by atoms with Gasteiger partial charge in [-0.15, -0.1) is 0 Å². The van der Waals surface area contributed by atoms with Crippen LogP contribution in [0, 0.1) is 23.3 Å². The van der Waals surface area contributed by atoms with Gasteiger partial charge >= 0.3 is 6.18 Å². The first-order chi connectivity index (χ1) is 18.4. The Bertz CT molecular complexity index is 1530. The summed E-state index contributed by atoms with van der Waals surface area (Å²) in [4.78, 5) is 0. The van der Waals surface area contributed by atoms with Crippen LogP contribution in [0.15, 0.2) is 72.8 Å². The maximum atomic E-state index is 14.9. The summed E-state index contributed by atoms with van der Waals surface area (Å²) < 4.78 is 125. The van der Waals surface area contributed by atoms with Crippen molar-refractivity contribution in [2.24, 2.45) is 0 Å². The maximum Gasteiger partial charge on any atom is 0.422 e. The third-order valence-corrected chi connectivity index (χ3v) is 6.08. The number of halogens is 9. The molecule has 4 rings (SSSR count). The van der Waals surface area contributed by atoms with Crippen LogP contribution < -0.4 is 0 Å². The third-order valence-electron chi connectivity index (χ3n) is 6.08. The van der Waals surface area contributed by atoms with Gasteiger partial charge in [0.25, 0.3) is 0 Å². The van der Waals surface area contributed by atoms with Crippen LogP contribution in [0.5, 0.6) is 0 Å². The number of alkyl halides is 3. The fraction of sp³-hybridized carbons (Fsp3) is 0.133. The van der Waals surface area contributed by atoms with Crippen LogP contribution >= 0.6 is 0 Å². The predicted octanol–water partition coefficient (Wildman–Crippen LogP) is 10.3. The molecule has 4 aromatic carbocycles. The summed E-state index contributed by atoms with van der Waals surface area (Å²) in [5.41, 5.74) is -1.98. The molecule has 0 N–H and O–H groups in total. The minimum Gasteiger partial charge on any atom is -0.206 e. The van der Waals surface area contributed by atoms with E-state index in [0.29, 0.717) is 5.56 Å². The zero-order chi connectivity index (χ0) is 28.5. The summed E-state index contributed by atoms with van der Waals surface area (Å²) >= 11 is 0. The normalized spacial score (nSPS) is 12.5. The van der Waals surface area contributed by atoms with Gasteiger partial charge in [-0.25, -0.2) is 26.3 Å². The van der Waals surface area contributed by atoms with Crippen molar-refractivity contribution in [3.8, 4) is 22.3 Å². The van der Waals surface area contributed by atoms with Gasteiger partial charge < -0.3 is 0 Å². The molecule has 39 heavy (non-hydrogen) atoms. The largest absolute Gasteiger partial charge is 0.422 e. The fourth-order valence-corrected chi connectivity index (χ4v) is 4.16. The summed E-state index contributed by atoms with van der Waals surface area (Å²) in [5, 5.41) is 0. The quantitative estimate of drug-likeness (QED) is 0.166. The molecule has 0 radical (unpaired) electrons. The van der Waals surface area contributed by atoms with Crippen molar-refractivity contribution in [1.29, 1.82) is 0 Å². The molecule has 0 aliphatic rings. The van der Waals surface area contributed by atoms with Crippen LogP contribution in [0.2, 0.25) is 0 Å². The van der Waals surface area contributed by atoms with Crippen LogP contribution in [-0.2, 0) is 12.6 Å². The second-order valence-corrected chi connectivity index (χ2v) is 8.78. The molecule has 0 aromatic heterocycles. The molecule has 0 aliphatic heterocycles. The Morgan fingerprint density at radius 3 is 1.72 bits per heavy atom. The van der Waals surface area contributed by atoms with Gasteiger partial charge in [0.2, 0.25) is 0 Å². The molecule has 0 amide bonds. The van der Waals surface area contributed by atoms with Crippen molar-refractivity contribution < 1.29 is 39.5 Å². The zero-order valence-corrected chi connectivity index (χ0v) is 20.2. The standard InChI is InChI=1S/C30H19F9/c1-2-3-16-4-6-17(7-5-16)18-8-10-21(23(31)12-18)19-9-11-22(24(32)13-19)29(36)28(35)20-14-25(33)27(26(34)15-20)30(37,38)39/h4-15H,2-3H2,1H3. The lowest BCUT2D eigenvalue weighted by Gasteiger charge is -2.11. The molecular weight excluding hydrogens is 531 g/mol. The van der Waals surface area contributed by atoms with Gasteiger partial charge in [-0.3, -0.25) is 0 Å². The van der Waals surface area contributed by atoms with E-state index in [2.05, 4.69) is 6.92 Å². The van der Waals surface area contributed by atoms with Crippen LogP contribution in [0.25, 0.3) is 33.9 Å². The van der Waals surface area contributed by atoms with Gasteiger partial charge in [0.05, 0.1) is 0 Å². The van der Waals surface area contributed by atoms with Gasteiger partial charge in [0, 0.05) is 16.7 Å². The van der Waals surface area contributed by atoms with E-state index in [4.69, 9.17) is 0 Å². The molecule has 0 spiro atoms. The van der Waals surface area contributed by atoms with Crippen molar-refractivity contribution in [3.05, 3.63) is 118 Å². The number of hydrogen-bond acceptors (Lipinski definition) is 0. The van der Waals surface area contributed by atoms with Gasteiger partial charge in [0.15, 0.2) is 11.7 Å². The molecule has 9 heteroatoms. The Labute approximate surface area is 218 Å². The average molecular weight is 550 g/mol. The van der Waals surface area contributed by atoms with E-state index in [1.807, 2.05) is 24.3 Å². The van der Waals surface area contributed by atoms with E-state index in [1.165, 1.54) is 12.1 Å². The van der Waals surface area contributed by atoms with Crippen molar-refractivity contribution in [1.82, 2.24) is 0 Å². The molecule has 0 unspecified atom stereocenters. The van der Waals surface area contributed by atoms with E-state index in [1.54, 1.807) is 6.07 Å². The fourth-order valence-electron chi connectivity index (χ4n) is 4.16. The van der Waals surface area contributed by atoms with Gasteiger partial charge in [0.1, 0.15) is 28.8 Å². The van der Waals surface area contributed by atoms with Crippen LogP contribution in [0.1, 0.15) is 35.6 Å². The highest BCUT2D eigenvalue weighted by atomic mass is 19.4. The number of benzene rings is 4. The minimum atomic E-state index is -5.40. The van der Waals surface area contributed by atoms with Crippen molar-refractivity contribution in [2.45, 2.75) is 25.9 Å². The van der Waals surface area contributed by atoms with Crippen molar-refractivity contribution in [3.63, 3.8) is 0 Å². The second kappa shape index (κ2) is 11.0. The van der Waals surface area contributed by atoms with Crippen LogP contribution in [0.4, 0.5) is 39.5 Å². The van der Waals surface area contributed by atoms with Crippen LogP contribution in [-0.4, -0.2) is 0 Å². The monoisotopic (exact) mass is 550 g/mol. The van der Waals surface area contributed by atoms with E-state index < -0.39 is 57.8 Å². The Hall–Kier alpha value is -4.01. The predicted molar refractivity (Wildman–Crippen MR) is 132 cm³/mol. The summed E-state index contributed by atoms with van der Waals surface area (Å²) in [6.45, 7) is 2.06. The minimum absolute atomic E-state index is 0.00146. The molecule has 0 nitrogen and oxygen atoms in total. The lowest BCUT2D eigenvalue weighted by atomic mass is 9.97. The molecular formula is C30H19F9. The first-order valence-corrected chi connectivity index (χ1v) is 11.7. The summed E-state index contributed by atoms with van der Waals surface area (Å²) in [6.07, 6.45) is -3.51. The highest BCUT2D eigenvalue weighted by Gasteiger charge is 2.38. The lowest BCUT2D eigenvalue weighted by Crippen LogP contribution is -2.11. The van der Waals surface area contributed by atoms with Crippen molar-refractivity contribution in [2.75, 3.05) is 0 Å². The van der Waals surface area contributed by atoms with E-state index in [0.717, 1.165) is 42.2 Å². The van der Waals surface area contributed by atoms with Crippen LogP contribution in [0.3, 0.4) is 0 Å². The van der Waals surface area contributed by atoms with Crippen molar-refractivity contribution >= 4 is 11.7 Å². The van der Waals surface area contributed by atoms with Gasteiger partial charge in [-0.1, -0.05) is 55.8 Å². The van der Waals surface area contributed by atoms with Gasteiger partial charge in [-0.05, 0) is 59.0 Å². The summed E-state index contributed by atoms with van der Waals surface area (Å²) in [5.74, 6) is -10.2. The number of hydrogen-bond donors (Lipinski definition) is 0. The lowest BCUT2D eigenvalue weighted by molar-refractivity contribution is -0.142. The first-order valence-electron chi connectivity index (χ1n) is 11.7. The molecule has 4 aromatic rings. The Morgan fingerprint density at radius 1 is 0.615 bits per heavy atom. The SMILES string of the molecule is CCCc1ccc(-c2ccc(-c3ccc(C(F)=C(F)c4cc(F)c(C(F)(F)F)c(F)c4)c(F)c3)c(F)c2)cc1. The average Bonchev–Trinajstić information content (AvgIpc) is 2.87. The third kappa shape index (κ3) is 5.87. The van der Waals surface area contributed by atoms with E-state index in [9.17, 15) is 39.5 Å². The molecule has 0 heterocycles. The Balaban J connectivity index is 1.64. The van der Waals surface area contributed by atoms with E-state index >= 15 is 0 Å². The second-order valence-electron chi connectivity index (χ2n) is 8.78. The highest BCUT2D eigenvalue weighted by molar-refractivity contribution is 5.84. The molecule has 0 aliphatic carbocycles. The summed E-state index contributed by atoms with van der Waals surface area (Å²) in [7, 11) is 0. The van der Waals surface area contributed by atoms with Gasteiger partial charge in [-0.2, -0.15) is 13.2 Å². The molecule has 0 saturated carbocycles. The Morgan fingerprint density at radius 2 is 1.18 bits per heavy atom. The van der Waals surface area contributed by atoms with E-state index in [-0.39, 0.29) is 23.3 Å². The molecule has 0 fully saturated rings. The number of aryl methyl sites for hydroxylation is 1. The summed E-state index contributed by atoms with van der Waals surface area (Å²) in [6, 6.07) is 14.4. The molecule has 0 saturated heterocycles. The topological polar surface area (TPSA) is 0 Å². The first kappa shape index (κ1) is 28.0. The number of rotatable bonds is 6. The molecule has 202 valence electrons. The highest BCUT2D eigenvalue weighted by Crippen LogP contribution is 2.38. The zero-order valence-electron chi connectivity index (χ0n) is 20.2. The molecule has 0 atom stereocenters. The maximum absolute atomic E-state index is 14.9. The molecule has 0 bridgehead atoms.